The Kier molecular flexibility index (Phi) is 5.37. The summed E-state index contributed by atoms with van der Waals surface area (Å²) in [5, 5.41) is 4.98. The Balaban J connectivity index is 1.53. The van der Waals surface area contributed by atoms with Gasteiger partial charge in [0.15, 0.2) is 0 Å². The summed E-state index contributed by atoms with van der Waals surface area (Å²) >= 11 is 1.55. The Morgan fingerprint density at radius 2 is 2.48 bits per heavy atom. The van der Waals surface area contributed by atoms with E-state index in [9.17, 15) is 4.79 Å². The summed E-state index contributed by atoms with van der Waals surface area (Å²) in [6.45, 7) is 3.70. The van der Waals surface area contributed by atoms with E-state index in [2.05, 4.69) is 15.3 Å². The van der Waals surface area contributed by atoms with Crippen LogP contribution in [0.25, 0.3) is 0 Å². The quantitative estimate of drug-likeness (QED) is 0.856. The number of hydrogen-bond acceptors (Lipinski definition) is 6. The molecule has 1 aliphatic heterocycles. The van der Waals surface area contributed by atoms with Gasteiger partial charge >= 0.3 is 0 Å². The number of ether oxygens (including phenoxy) is 2. The Morgan fingerprint density at radius 1 is 1.57 bits per heavy atom. The van der Waals surface area contributed by atoms with Crippen molar-refractivity contribution in [3.05, 3.63) is 34.8 Å². The minimum atomic E-state index is -0.140. The maximum absolute atomic E-state index is 12.2. The molecular formula is C15H20N4O3S. The van der Waals surface area contributed by atoms with Crippen LogP contribution in [-0.2, 0) is 27.4 Å². The minimum absolute atomic E-state index is 0.0571. The molecule has 1 N–H and O–H groups in total. The first-order valence-electron chi connectivity index (χ1n) is 7.56. The largest absolute Gasteiger partial charge is 0.379 e. The predicted molar refractivity (Wildman–Crippen MR) is 85.0 cm³/mol. The molecule has 0 aromatic carbocycles. The molecular weight excluding hydrogens is 316 g/mol. The van der Waals surface area contributed by atoms with Gasteiger partial charge in [0, 0.05) is 24.4 Å². The molecule has 1 aliphatic rings. The highest BCUT2D eigenvalue weighted by atomic mass is 32.1. The van der Waals surface area contributed by atoms with Gasteiger partial charge in [0.05, 0.1) is 36.6 Å². The first-order chi connectivity index (χ1) is 11.2. The van der Waals surface area contributed by atoms with Gasteiger partial charge in [0.1, 0.15) is 12.4 Å². The standard InChI is InChI=1S/C15H20N4O3S/c1-11-16-3-4-19(11)6-15(20)18-13-8-21-5-2-14(13)22-7-12-9-23-10-17-12/h3-4,9-10,13-14H,2,5-8H2,1H3,(H,18,20)/t13-,14+/m1/s1. The molecule has 0 bridgehead atoms. The van der Waals surface area contributed by atoms with Gasteiger partial charge in [-0.05, 0) is 13.3 Å². The molecule has 1 saturated heterocycles. The molecule has 1 fully saturated rings. The Hall–Kier alpha value is -1.77. The number of nitrogens with zero attached hydrogens (tertiary/aromatic N) is 3. The second-order valence-electron chi connectivity index (χ2n) is 5.47. The van der Waals surface area contributed by atoms with Crippen LogP contribution < -0.4 is 5.32 Å². The van der Waals surface area contributed by atoms with Gasteiger partial charge < -0.3 is 19.4 Å². The molecule has 0 radical (unpaired) electrons. The topological polar surface area (TPSA) is 78.3 Å². The van der Waals surface area contributed by atoms with Crippen LogP contribution in [0.4, 0.5) is 0 Å². The van der Waals surface area contributed by atoms with E-state index in [0.29, 0.717) is 19.8 Å². The van der Waals surface area contributed by atoms with Gasteiger partial charge in [-0.25, -0.2) is 9.97 Å². The molecule has 0 unspecified atom stereocenters. The van der Waals surface area contributed by atoms with Crippen LogP contribution in [0.15, 0.2) is 23.3 Å². The Labute approximate surface area is 138 Å². The highest BCUT2D eigenvalue weighted by Crippen LogP contribution is 2.15. The summed E-state index contributed by atoms with van der Waals surface area (Å²) in [7, 11) is 0. The smallest absolute Gasteiger partial charge is 0.240 e. The SMILES string of the molecule is Cc1nccn1CC(=O)N[C@@H]1COCC[C@@H]1OCc1cscn1. The van der Waals surface area contributed by atoms with Gasteiger partial charge in [-0.3, -0.25) is 4.79 Å². The van der Waals surface area contributed by atoms with Crippen molar-refractivity contribution < 1.29 is 14.3 Å². The fraction of sp³-hybridized carbons (Fsp3) is 0.533. The monoisotopic (exact) mass is 336 g/mol. The summed E-state index contributed by atoms with van der Waals surface area (Å²) in [4.78, 5) is 20.6. The lowest BCUT2D eigenvalue weighted by Gasteiger charge is -2.32. The number of nitrogens with one attached hydrogen (secondary N) is 1. The molecule has 7 nitrogen and oxygen atoms in total. The first kappa shape index (κ1) is 16.1. The van der Waals surface area contributed by atoms with Gasteiger partial charge in [0.2, 0.25) is 5.91 Å². The van der Waals surface area contributed by atoms with Crippen molar-refractivity contribution in [2.75, 3.05) is 13.2 Å². The number of carbonyl (C=O) groups is 1. The molecule has 2 aromatic rings. The van der Waals surface area contributed by atoms with Crippen LogP contribution in [0.3, 0.4) is 0 Å². The zero-order valence-electron chi connectivity index (χ0n) is 13.0. The molecule has 2 aromatic heterocycles. The van der Waals surface area contributed by atoms with Gasteiger partial charge in [-0.1, -0.05) is 0 Å². The van der Waals surface area contributed by atoms with Gasteiger partial charge in [0.25, 0.3) is 0 Å². The fourth-order valence-electron chi connectivity index (χ4n) is 2.53. The zero-order chi connectivity index (χ0) is 16.1. The Morgan fingerprint density at radius 3 is 3.22 bits per heavy atom. The van der Waals surface area contributed by atoms with Gasteiger partial charge in [-0.2, -0.15) is 0 Å². The highest BCUT2D eigenvalue weighted by molar-refractivity contribution is 7.07. The third-order valence-electron chi connectivity index (χ3n) is 3.81. The average molecular weight is 336 g/mol. The maximum Gasteiger partial charge on any atom is 0.240 e. The third-order valence-corrected chi connectivity index (χ3v) is 4.44. The van der Waals surface area contributed by atoms with Crippen molar-refractivity contribution in [2.45, 2.75) is 38.6 Å². The third kappa shape index (κ3) is 4.37. The number of amides is 1. The second kappa shape index (κ2) is 7.67. The summed E-state index contributed by atoms with van der Waals surface area (Å²) in [6.07, 6.45) is 4.19. The lowest BCUT2D eigenvalue weighted by molar-refractivity contribution is -0.127. The molecule has 124 valence electrons. The number of carbonyl (C=O) groups excluding carboxylic acids is 1. The average Bonchev–Trinajstić information content (AvgIpc) is 3.19. The maximum atomic E-state index is 12.2. The molecule has 3 heterocycles. The van der Waals surface area contributed by atoms with E-state index in [0.717, 1.165) is 17.9 Å². The van der Waals surface area contributed by atoms with Crippen LogP contribution in [-0.4, -0.2) is 45.8 Å². The lowest BCUT2D eigenvalue weighted by Crippen LogP contribution is -2.51. The van der Waals surface area contributed by atoms with Crippen LogP contribution in [0, 0.1) is 6.92 Å². The van der Waals surface area contributed by atoms with Crippen LogP contribution in [0.2, 0.25) is 0 Å². The van der Waals surface area contributed by atoms with Crippen LogP contribution in [0.1, 0.15) is 17.9 Å². The van der Waals surface area contributed by atoms with E-state index < -0.39 is 0 Å². The summed E-state index contributed by atoms with van der Waals surface area (Å²) < 4.78 is 13.2. The van der Waals surface area contributed by atoms with Crippen LogP contribution >= 0.6 is 11.3 Å². The second-order valence-corrected chi connectivity index (χ2v) is 6.19. The van der Waals surface area contributed by atoms with Crippen molar-refractivity contribution in [2.24, 2.45) is 0 Å². The normalized spacial score (nSPS) is 21.3. The van der Waals surface area contributed by atoms with Crippen molar-refractivity contribution >= 4 is 17.2 Å². The molecule has 2 atom stereocenters. The van der Waals surface area contributed by atoms with Crippen molar-refractivity contribution in [1.29, 1.82) is 0 Å². The number of aromatic nitrogens is 3. The summed E-state index contributed by atoms with van der Waals surface area (Å²) in [6, 6.07) is -0.140. The molecule has 1 amide bonds. The molecule has 23 heavy (non-hydrogen) atoms. The van der Waals surface area contributed by atoms with E-state index in [4.69, 9.17) is 9.47 Å². The minimum Gasteiger partial charge on any atom is -0.379 e. The number of thiazole rings is 1. The molecule has 0 saturated carbocycles. The van der Waals surface area contributed by atoms with Crippen molar-refractivity contribution in [3.8, 4) is 0 Å². The van der Waals surface area contributed by atoms with E-state index >= 15 is 0 Å². The number of rotatable bonds is 6. The fourth-order valence-corrected chi connectivity index (χ4v) is 3.07. The van der Waals surface area contributed by atoms with E-state index in [-0.39, 0.29) is 24.6 Å². The lowest BCUT2D eigenvalue weighted by atomic mass is 10.1. The molecule has 0 aliphatic carbocycles. The van der Waals surface area contributed by atoms with Crippen molar-refractivity contribution in [1.82, 2.24) is 19.9 Å². The molecule has 8 heteroatoms. The summed E-state index contributed by atoms with van der Waals surface area (Å²) in [5.41, 5.74) is 2.70. The van der Waals surface area contributed by atoms with Gasteiger partial charge in [-0.15, -0.1) is 11.3 Å². The summed E-state index contributed by atoms with van der Waals surface area (Å²) in [5.74, 6) is 0.750. The number of hydrogen-bond donors (Lipinski definition) is 1. The van der Waals surface area contributed by atoms with E-state index in [1.165, 1.54) is 0 Å². The number of aryl methyl sites for hydroxylation is 1. The van der Waals surface area contributed by atoms with E-state index in [1.54, 1.807) is 29.2 Å². The molecule has 3 rings (SSSR count). The first-order valence-corrected chi connectivity index (χ1v) is 8.50. The highest BCUT2D eigenvalue weighted by Gasteiger charge is 2.28. The number of imidazole rings is 1. The molecule has 0 spiro atoms. The Bertz CT molecular complexity index is 628. The van der Waals surface area contributed by atoms with Crippen molar-refractivity contribution in [3.63, 3.8) is 0 Å². The predicted octanol–water partition coefficient (Wildman–Crippen LogP) is 1.14. The van der Waals surface area contributed by atoms with E-state index in [1.807, 2.05) is 16.9 Å². The van der Waals surface area contributed by atoms with Crippen LogP contribution in [0.5, 0.6) is 0 Å². The zero-order valence-corrected chi connectivity index (χ0v) is 13.8.